The Labute approximate surface area is 194 Å². The van der Waals surface area contributed by atoms with Crippen LogP contribution in [-0.4, -0.2) is 41.5 Å². The zero-order valence-electron chi connectivity index (χ0n) is 17.5. The van der Waals surface area contributed by atoms with Gasteiger partial charge in [0.15, 0.2) is 12.4 Å². The molecule has 11 heteroatoms. The maximum atomic E-state index is 12.4. The molecule has 1 fully saturated rings. The lowest BCUT2D eigenvalue weighted by atomic mass is 9.91. The molecular weight excluding hydrogens is 459 g/mol. The summed E-state index contributed by atoms with van der Waals surface area (Å²) in [6.45, 7) is 5.01. The number of hydrogen-bond donors (Lipinski definition) is 1. The molecule has 1 aromatic heterocycles. The molecule has 2 heterocycles. The molecule has 32 heavy (non-hydrogen) atoms. The summed E-state index contributed by atoms with van der Waals surface area (Å²) < 4.78 is 5.00. The van der Waals surface area contributed by atoms with Crippen molar-refractivity contribution in [3.63, 3.8) is 0 Å². The number of nitrogens with one attached hydrogen (secondary N) is 1. The highest BCUT2D eigenvalue weighted by Gasteiger charge is 2.28. The second-order valence-corrected chi connectivity index (χ2v) is 8.76. The second kappa shape index (κ2) is 10.1. The highest BCUT2D eigenvalue weighted by atomic mass is 35.5. The molecule has 0 saturated carbocycles. The minimum absolute atomic E-state index is 0.0194. The van der Waals surface area contributed by atoms with E-state index in [0.717, 1.165) is 6.42 Å². The number of hydrogen-bond acceptors (Lipinski definition) is 7. The number of carbonyl (C=O) groups excluding carboxylic acids is 2. The molecule has 1 N–H and O–H groups in total. The Morgan fingerprint density at radius 3 is 2.56 bits per heavy atom. The maximum Gasteiger partial charge on any atom is 0.338 e. The van der Waals surface area contributed by atoms with E-state index in [4.69, 9.17) is 27.9 Å². The summed E-state index contributed by atoms with van der Waals surface area (Å²) in [5.41, 5.74) is 0.266. The summed E-state index contributed by atoms with van der Waals surface area (Å²) in [5, 5.41) is 14.5. The molecular formula is C21H22Cl2N4O5. The highest BCUT2D eigenvalue weighted by molar-refractivity contribution is 6.36. The Morgan fingerprint density at radius 2 is 1.94 bits per heavy atom. The number of anilines is 2. The SMILES string of the molecule is C[C@@H]1C[C@@H](C)CN(c2ccc(C(=O)OCC(=O)Nc3ncc(Cl)cc3Cl)cc2[N+](=O)[O-])C1. The molecule has 2 aromatic rings. The normalized spacial score (nSPS) is 18.2. The Morgan fingerprint density at radius 1 is 1.25 bits per heavy atom. The minimum atomic E-state index is -0.856. The van der Waals surface area contributed by atoms with Crippen molar-refractivity contribution in [3.8, 4) is 0 Å². The fourth-order valence-electron chi connectivity index (χ4n) is 3.81. The van der Waals surface area contributed by atoms with Crippen LogP contribution in [0.15, 0.2) is 30.5 Å². The molecule has 1 saturated heterocycles. The van der Waals surface area contributed by atoms with Crippen LogP contribution in [0.3, 0.4) is 0 Å². The largest absolute Gasteiger partial charge is 0.452 e. The first-order valence-corrected chi connectivity index (χ1v) is 10.7. The third kappa shape index (κ3) is 5.86. The lowest BCUT2D eigenvalue weighted by Gasteiger charge is -2.36. The van der Waals surface area contributed by atoms with Crippen LogP contribution in [-0.2, 0) is 9.53 Å². The number of benzene rings is 1. The Balaban J connectivity index is 1.68. The van der Waals surface area contributed by atoms with E-state index in [1.165, 1.54) is 24.4 Å². The molecule has 1 amide bonds. The highest BCUT2D eigenvalue weighted by Crippen LogP contribution is 2.34. The third-order valence-electron chi connectivity index (χ3n) is 5.02. The summed E-state index contributed by atoms with van der Waals surface area (Å²) in [4.78, 5) is 41.4. The molecule has 3 rings (SSSR count). The lowest BCUT2D eigenvalue weighted by Crippen LogP contribution is -2.39. The first-order valence-electron chi connectivity index (χ1n) is 9.95. The van der Waals surface area contributed by atoms with Crippen LogP contribution in [0.2, 0.25) is 10.0 Å². The van der Waals surface area contributed by atoms with Gasteiger partial charge in [-0.05, 0) is 36.5 Å². The van der Waals surface area contributed by atoms with Crippen molar-refractivity contribution in [2.24, 2.45) is 11.8 Å². The van der Waals surface area contributed by atoms with E-state index in [2.05, 4.69) is 24.1 Å². The van der Waals surface area contributed by atoms with E-state index < -0.39 is 23.4 Å². The number of amides is 1. The van der Waals surface area contributed by atoms with Crippen LogP contribution in [0.25, 0.3) is 0 Å². The summed E-state index contributed by atoms with van der Waals surface area (Å²) >= 11 is 11.7. The predicted octanol–water partition coefficient (Wildman–Crippen LogP) is 4.57. The van der Waals surface area contributed by atoms with E-state index in [-0.39, 0.29) is 22.1 Å². The van der Waals surface area contributed by atoms with Gasteiger partial charge in [0.05, 0.1) is 20.5 Å². The third-order valence-corrected chi connectivity index (χ3v) is 5.51. The molecule has 0 unspecified atom stereocenters. The fourth-order valence-corrected chi connectivity index (χ4v) is 4.24. The van der Waals surface area contributed by atoms with Crippen LogP contribution in [0.1, 0.15) is 30.6 Å². The molecule has 0 radical (unpaired) electrons. The summed E-state index contributed by atoms with van der Waals surface area (Å²) in [6, 6.07) is 5.60. The van der Waals surface area contributed by atoms with Gasteiger partial charge in [0.25, 0.3) is 11.6 Å². The summed E-state index contributed by atoms with van der Waals surface area (Å²) in [5.74, 6) is -0.639. The number of aromatic nitrogens is 1. The summed E-state index contributed by atoms with van der Waals surface area (Å²) in [6.07, 6.45) is 2.37. The van der Waals surface area contributed by atoms with E-state index in [1.54, 1.807) is 6.07 Å². The first kappa shape index (κ1) is 23.7. The van der Waals surface area contributed by atoms with Gasteiger partial charge in [-0.15, -0.1) is 0 Å². The van der Waals surface area contributed by atoms with Crippen molar-refractivity contribution in [3.05, 3.63) is 56.2 Å². The number of halogens is 2. The first-order chi connectivity index (χ1) is 15.1. The van der Waals surface area contributed by atoms with Gasteiger partial charge in [-0.3, -0.25) is 14.9 Å². The number of ether oxygens (including phenoxy) is 1. The average Bonchev–Trinajstić information content (AvgIpc) is 2.73. The molecule has 0 bridgehead atoms. The van der Waals surface area contributed by atoms with Crippen molar-refractivity contribution in [2.75, 3.05) is 29.9 Å². The van der Waals surface area contributed by atoms with Gasteiger partial charge in [0, 0.05) is 25.4 Å². The number of piperidine rings is 1. The van der Waals surface area contributed by atoms with Crippen molar-refractivity contribution in [1.82, 2.24) is 4.98 Å². The number of carbonyl (C=O) groups is 2. The van der Waals surface area contributed by atoms with Crippen LogP contribution in [0.5, 0.6) is 0 Å². The smallest absolute Gasteiger partial charge is 0.338 e. The van der Waals surface area contributed by atoms with Crippen molar-refractivity contribution in [2.45, 2.75) is 20.3 Å². The minimum Gasteiger partial charge on any atom is -0.452 e. The molecule has 9 nitrogen and oxygen atoms in total. The van der Waals surface area contributed by atoms with E-state index >= 15 is 0 Å². The van der Waals surface area contributed by atoms with Gasteiger partial charge in [0.1, 0.15) is 5.69 Å². The van der Waals surface area contributed by atoms with Crippen molar-refractivity contribution in [1.29, 1.82) is 0 Å². The van der Waals surface area contributed by atoms with Gasteiger partial charge < -0.3 is 15.0 Å². The Hall–Kier alpha value is -2.91. The number of nitro groups is 1. The van der Waals surface area contributed by atoms with Gasteiger partial charge in [-0.2, -0.15) is 0 Å². The number of esters is 1. The second-order valence-electron chi connectivity index (χ2n) is 7.92. The lowest BCUT2D eigenvalue weighted by molar-refractivity contribution is -0.384. The van der Waals surface area contributed by atoms with Crippen LogP contribution < -0.4 is 10.2 Å². The zero-order valence-corrected chi connectivity index (χ0v) is 19.0. The van der Waals surface area contributed by atoms with Crippen molar-refractivity contribution < 1.29 is 19.2 Å². The van der Waals surface area contributed by atoms with Gasteiger partial charge in [-0.25, -0.2) is 9.78 Å². The number of nitro benzene ring substituents is 1. The molecule has 1 aliphatic rings. The Bertz CT molecular complexity index is 1040. The van der Waals surface area contributed by atoms with Gasteiger partial charge >= 0.3 is 5.97 Å². The number of rotatable bonds is 6. The summed E-state index contributed by atoms with van der Waals surface area (Å²) in [7, 11) is 0. The molecule has 2 atom stereocenters. The zero-order chi connectivity index (χ0) is 23.4. The van der Waals surface area contributed by atoms with E-state index in [1.807, 2.05) is 4.90 Å². The van der Waals surface area contributed by atoms with Crippen molar-refractivity contribution >= 4 is 52.3 Å². The van der Waals surface area contributed by atoms with Gasteiger partial charge in [-0.1, -0.05) is 37.0 Å². The fraction of sp³-hybridized carbons (Fsp3) is 0.381. The molecule has 0 spiro atoms. The van der Waals surface area contributed by atoms with Crippen LogP contribution in [0, 0.1) is 22.0 Å². The molecule has 170 valence electrons. The van der Waals surface area contributed by atoms with E-state index in [0.29, 0.717) is 35.6 Å². The van der Waals surface area contributed by atoms with Gasteiger partial charge in [0.2, 0.25) is 0 Å². The standard InChI is InChI=1S/C21H22Cl2N4O5/c1-12-5-13(2)10-26(9-12)17-4-3-14(6-18(17)27(30)31)21(29)32-11-19(28)25-20-16(23)7-15(22)8-24-20/h3-4,6-8,12-13H,5,9-11H2,1-2H3,(H,24,25,28)/t12-,13-/m1/s1. The molecule has 0 aliphatic carbocycles. The molecule has 1 aromatic carbocycles. The maximum absolute atomic E-state index is 12.4. The average molecular weight is 481 g/mol. The quantitative estimate of drug-likeness (QED) is 0.365. The van der Waals surface area contributed by atoms with E-state index in [9.17, 15) is 19.7 Å². The van der Waals surface area contributed by atoms with Crippen LogP contribution >= 0.6 is 23.2 Å². The number of nitrogens with zero attached hydrogens (tertiary/aromatic N) is 3. The predicted molar refractivity (Wildman–Crippen MR) is 121 cm³/mol. The Kier molecular flexibility index (Phi) is 7.52. The van der Waals surface area contributed by atoms with Crippen LogP contribution in [0.4, 0.5) is 17.2 Å². The molecule has 1 aliphatic heterocycles. The number of pyridine rings is 1. The monoisotopic (exact) mass is 480 g/mol. The topological polar surface area (TPSA) is 115 Å².